The molecule has 1 unspecified atom stereocenters. The van der Waals surface area contributed by atoms with E-state index >= 15 is 0 Å². The second kappa shape index (κ2) is 3.23. The van der Waals surface area contributed by atoms with Gasteiger partial charge >= 0.3 is 0 Å². The Morgan fingerprint density at radius 3 is 2.57 bits per heavy atom. The van der Waals surface area contributed by atoms with E-state index in [1.807, 2.05) is 4.90 Å². The van der Waals surface area contributed by atoms with Crippen LogP contribution in [0.4, 0.5) is 0 Å². The molecule has 1 saturated heterocycles. The number of nitrogens with zero attached hydrogens (tertiary/aromatic N) is 1. The largest absolute Gasteiger partial charge is 0.341 e. The van der Waals surface area contributed by atoms with Gasteiger partial charge in [0.25, 0.3) is 0 Å². The maximum atomic E-state index is 11.6. The first-order valence-electron chi connectivity index (χ1n) is 5.57. The molecule has 1 aliphatic carbocycles. The van der Waals surface area contributed by atoms with Crippen molar-refractivity contribution in [1.29, 1.82) is 0 Å². The van der Waals surface area contributed by atoms with Crippen LogP contribution in [-0.2, 0) is 4.79 Å². The number of hydrogen-bond acceptors (Lipinski definition) is 2. The first-order valence-corrected chi connectivity index (χ1v) is 5.57. The van der Waals surface area contributed by atoms with Crippen LogP contribution in [0.25, 0.3) is 0 Å². The molecule has 1 atom stereocenters. The monoisotopic (exact) mass is 196 g/mol. The van der Waals surface area contributed by atoms with Crippen molar-refractivity contribution in [2.45, 2.75) is 39.2 Å². The van der Waals surface area contributed by atoms with Gasteiger partial charge in [0.05, 0.1) is 0 Å². The first kappa shape index (κ1) is 9.97. The van der Waals surface area contributed by atoms with Gasteiger partial charge in [0, 0.05) is 25.6 Å². The second-order valence-electron chi connectivity index (χ2n) is 5.26. The van der Waals surface area contributed by atoms with Crippen molar-refractivity contribution >= 4 is 5.91 Å². The van der Waals surface area contributed by atoms with Crippen LogP contribution < -0.4 is 5.73 Å². The SMILES string of the molecule is CC(C)C1(CN2CC(N)CC2=O)CC1. The van der Waals surface area contributed by atoms with Gasteiger partial charge < -0.3 is 10.6 Å². The molecule has 2 rings (SSSR count). The highest BCUT2D eigenvalue weighted by Gasteiger charge is 2.48. The van der Waals surface area contributed by atoms with Crippen LogP contribution in [0.15, 0.2) is 0 Å². The maximum Gasteiger partial charge on any atom is 0.224 e. The van der Waals surface area contributed by atoms with E-state index in [2.05, 4.69) is 13.8 Å². The van der Waals surface area contributed by atoms with E-state index < -0.39 is 0 Å². The average molecular weight is 196 g/mol. The van der Waals surface area contributed by atoms with E-state index in [1.165, 1.54) is 12.8 Å². The van der Waals surface area contributed by atoms with E-state index in [0.29, 0.717) is 17.8 Å². The van der Waals surface area contributed by atoms with Crippen molar-refractivity contribution in [2.24, 2.45) is 17.1 Å². The van der Waals surface area contributed by atoms with Gasteiger partial charge in [-0.05, 0) is 24.2 Å². The quantitative estimate of drug-likeness (QED) is 0.731. The summed E-state index contributed by atoms with van der Waals surface area (Å²) in [7, 11) is 0. The number of carbonyl (C=O) groups is 1. The van der Waals surface area contributed by atoms with Gasteiger partial charge in [-0.2, -0.15) is 0 Å². The summed E-state index contributed by atoms with van der Waals surface area (Å²) in [6.45, 7) is 6.23. The molecule has 1 amide bonds. The van der Waals surface area contributed by atoms with E-state index in [0.717, 1.165) is 13.1 Å². The Labute approximate surface area is 85.6 Å². The fourth-order valence-electron chi connectivity index (χ4n) is 2.41. The predicted octanol–water partition coefficient (Wildman–Crippen LogP) is 0.982. The molecule has 2 aliphatic rings. The van der Waals surface area contributed by atoms with Gasteiger partial charge in [0.2, 0.25) is 5.91 Å². The lowest BCUT2D eigenvalue weighted by Gasteiger charge is -2.26. The van der Waals surface area contributed by atoms with E-state index in [1.54, 1.807) is 0 Å². The van der Waals surface area contributed by atoms with Crippen LogP contribution in [0.1, 0.15) is 33.1 Å². The molecule has 3 heteroatoms. The van der Waals surface area contributed by atoms with E-state index in [4.69, 9.17) is 5.73 Å². The highest BCUT2D eigenvalue weighted by Crippen LogP contribution is 2.52. The van der Waals surface area contributed by atoms with Gasteiger partial charge in [0.15, 0.2) is 0 Å². The third kappa shape index (κ3) is 1.65. The Hall–Kier alpha value is -0.570. The van der Waals surface area contributed by atoms with Crippen molar-refractivity contribution in [3.63, 3.8) is 0 Å². The first-order chi connectivity index (χ1) is 6.53. The van der Waals surface area contributed by atoms with Gasteiger partial charge in [-0.3, -0.25) is 4.79 Å². The van der Waals surface area contributed by atoms with Gasteiger partial charge in [-0.15, -0.1) is 0 Å². The molecule has 3 nitrogen and oxygen atoms in total. The van der Waals surface area contributed by atoms with Crippen molar-refractivity contribution in [1.82, 2.24) is 4.90 Å². The average Bonchev–Trinajstić information content (AvgIpc) is 2.77. The summed E-state index contributed by atoms with van der Waals surface area (Å²) in [5, 5.41) is 0. The van der Waals surface area contributed by atoms with E-state index in [9.17, 15) is 4.79 Å². The lowest BCUT2D eigenvalue weighted by molar-refractivity contribution is -0.128. The fraction of sp³-hybridized carbons (Fsp3) is 0.909. The number of hydrogen-bond donors (Lipinski definition) is 1. The van der Waals surface area contributed by atoms with Crippen LogP contribution in [-0.4, -0.2) is 29.9 Å². The summed E-state index contributed by atoms with van der Waals surface area (Å²) in [6, 6.07) is 0.0745. The number of rotatable bonds is 3. The third-order valence-electron chi connectivity index (χ3n) is 3.87. The summed E-state index contributed by atoms with van der Waals surface area (Å²) < 4.78 is 0. The normalized spacial score (nSPS) is 30.1. The van der Waals surface area contributed by atoms with Crippen molar-refractivity contribution in [3.8, 4) is 0 Å². The van der Waals surface area contributed by atoms with Crippen molar-refractivity contribution in [3.05, 3.63) is 0 Å². The molecule has 0 spiro atoms. The molecule has 0 bridgehead atoms. The van der Waals surface area contributed by atoms with Crippen LogP contribution in [0.2, 0.25) is 0 Å². The topological polar surface area (TPSA) is 46.3 Å². The molecule has 80 valence electrons. The third-order valence-corrected chi connectivity index (χ3v) is 3.87. The Balaban J connectivity index is 1.95. The smallest absolute Gasteiger partial charge is 0.224 e. The zero-order chi connectivity index (χ0) is 10.3. The minimum Gasteiger partial charge on any atom is -0.341 e. The highest BCUT2D eigenvalue weighted by atomic mass is 16.2. The van der Waals surface area contributed by atoms with Gasteiger partial charge in [-0.1, -0.05) is 13.8 Å². The molecule has 1 saturated carbocycles. The molecule has 0 aromatic carbocycles. The summed E-state index contributed by atoms with van der Waals surface area (Å²) in [6.07, 6.45) is 3.11. The Morgan fingerprint density at radius 2 is 2.21 bits per heavy atom. The van der Waals surface area contributed by atoms with Gasteiger partial charge in [-0.25, -0.2) is 0 Å². The standard InChI is InChI=1S/C11H20N2O/c1-8(2)11(3-4-11)7-13-6-9(12)5-10(13)14/h8-9H,3-7,12H2,1-2H3. The summed E-state index contributed by atoms with van der Waals surface area (Å²) in [5.74, 6) is 0.941. The molecule has 1 heterocycles. The fourth-order valence-corrected chi connectivity index (χ4v) is 2.41. The molecule has 0 aromatic rings. The highest BCUT2D eigenvalue weighted by molar-refractivity contribution is 5.79. The zero-order valence-corrected chi connectivity index (χ0v) is 9.12. The summed E-state index contributed by atoms with van der Waals surface area (Å²) in [4.78, 5) is 13.5. The molecule has 0 aromatic heterocycles. The predicted molar refractivity (Wildman–Crippen MR) is 55.7 cm³/mol. The van der Waals surface area contributed by atoms with Crippen molar-refractivity contribution < 1.29 is 4.79 Å². The van der Waals surface area contributed by atoms with E-state index in [-0.39, 0.29) is 11.9 Å². The molecule has 1 aliphatic heterocycles. The summed E-state index contributed by atoms with van der Waals surface area (Å²) in [5.41, 5.74) is 6.20. The zero-order valence-electron chi connectivity index (χ0n) is 9.12. The van der Waals surface area contributed by atoms with Crippen LogP contribution >= 0.6 is 0 Å². The molecular weight excluding hydrogens is 176 g/mol. The lowest BCUT2D eigenvalue weighted by Crippen LogP contribution is -2.35. The lowest BCUT2D eigenvalue weighted by atomic mass is 9.92. The van der Waals surface area contributed by atoms with Crippen LogP contribution in [0.3, 0.4) is 0 Å². The number of nitrogens with two attached hydrogens (primary N) is 1. The second-order valence-corrected chi connectivity index (χ2v) is 5.26. The van der Waals surface area contributed by atoms with Crippen LogP contribution in [0.5, 0.6) is 0 Å². The summed E-state index contributed by atoms with van der Waals surface area (Å²) >= 11 is 0. The number of likely N-dealkylation sites (tertiary alicyclic amines) is 1. The van der Waals surface area contributed by atoms with Gasteiger partial charge in [0.1, 0.15) is 0 Å². The molecule has 2 fully saturated rings. The molecule has 2 N–H and O–H groups in total. The minimum absolute atomic E-state index is 0.0745. The Kier molecular flexibility index (Phi) is 2.30. The molecule has 14 heavy (non-hydrogen) atoms. The molecular formula is C11H20N2O. The Bertz CT molecular complexity index is 246. The minimum atomic E-state index is 0.0745. The maximum absolute atomic E-state index is 11.6. The van der Waals surface area contributed by atoms with Crippen molar-refractivity contribution in [2.75, 3.05) is 13.1 Å². The van der Waals surface area contributed by atoms with Crippen LogP contribution in [0, 0.1) is 11.3 Å². The number of amides is 1. The molecule has 0 radical (unpaired) electrons. The number of carbonyl (C=O) groups excluding carboxylic acids is 1. The Morgan fingerprint density at radius 1 is 1.57 bits per heavy atom.